The molecule has 0 spiro atoms. The maximum atomic E-state index is 13.3. The second kappa shape index (κ2) is 8.43. The van der Waals surface area contributed by atoms with Gasteiger partial charge in [-0.1, -0.05) is 17.7 Å². The number of nitrogens with one attached hydrogen (secondary N) is 1. The number of benzene rings is 1. The molecule has 0 bridgehead atoms. The molecule has 0 heterocycles. The summed E-state index contributed by atoms with van der Waals surface area (Å²) in [5.41, 5.74) is 0.869. The molecule has 1 aromatic rings. The highest BCUT2D eigenvalue weighted by molar-refractivity contribution is 6.30. The van der Waals surface area contributed by atoms with Gasteiger partial charge in [-0.3, -0.25) is 0 Å². The van der Waals surface area contributed by atoms with Crippen molar-refractivity contribution < 1.29 is 14.2 Å². The monoisotopic (exact) mass is 275 g/mol. The molecule has 1 atom stereocenters. The summed E-state index contributed by atoms with van der Waals surface area (Å²) in [5.74, 6) is -0.394. The van der Waals surface area contributed by atoms with E-state index in [2.05, 4.69) is 5.32 Å². The number of aliphatic hydroxyl groups is 1. The van der Waals surface area contributed by atoms with Gasteiger partial charge in [0.2, 0.25) is 0 Å². The third-order valence-electron chi connectivity index (χ3n) is 2.60. The highest BCUT2D eigenvalue weighted by Gasteiger charge is 2.07. The molecule has 5 heteroatoms. The Labute approximate surface area is 112 Å². The Morgan fingerprint density at radius 2 is 2.22 bits per heavy atom. The van der Waals surface area contributed by atoms with Crippen LogP contribution >= 0.6 is 11.6 Å². The molecule has 0 amide bonds. The molecule has 18 heavy (non-hydrogen) atoms. The number of aliphatic hydroxyl groups excluding tert-OH is 1. The summed E-state index contributed by atoms with van der Waals surface area (Å²) in [5, 5.41) is 11.9. The average molecular weight is 276 g/mol. The lowest BCUT2D eigenvalue weighted by molar-refractivity contribution is 0.0904. The summed E-state index contributed by atoms with van der Waals surface area (Å²) in [6.45, 7) is 3.77. The molecule has 0 aromatic heterocycles. The number of hydrogen-bond acceptors (Lipinski definition) is 3. The van der Waals surface area contributed by atoms with Gasteiger partial charge in [0.15, 0.2) is 0 Å². The quantitative estimate of drug-likeness (QED) is 0.717. The minimum Gasteiger partial charge on any atom is -0.394 e. The van der Waals surface area contributed by atoms with Crippen LogP contribution in [-0.4, -0.2) is 31.5 Å². The third kappa shape index (κ3) is 5.31. The number of ether oxygens (including phenoxy) is 1. The van der Waals surface area contributed by atoms with E-state index < -0.39 is 5.82 Å². The molecular weight excluding hydrogens is 257 g/mol. The minimum atomic E-state index is -0.394. The smallest absolute Gasteiger partial charge is 0.142 e. The maximum Gasteiger partial charge on any atom is 0.142 e. The van der Waals surface area contributed by atoms with Crippen LogP contribution in [0, 0.1) is 5.82 Å². The summed E-state index contributed by atoms with van der Waals surface area (Å²) < 4.78 is 18.4. The molecule has 0 saturated carbocycles. The van der Waals surface area contributed by atoms with Gasteiger partial charge < -0.3 is 15.2 Å². The van der Waals surface area contributed by atoms with E-state index in [1.807, 2.05) is 13.0 Å². The zero-order valence-electron chi connectivity index (χ0n) is 10.5. The van der Waals surface area contributed by atoms with Crippen LogP contribution in [0.2, 0.25) is 5.02 Å². The average Bonchev–Trinajstić information content (AvgIpc) is 2.36. The van der Waals surface area contributed by atoms with Crippen molar-refractivity contribution >= 4 is 11.6 Å². The SMILES string of the molecule is CC(NCCCOCCO)c1ccc(Cl)c(F)c1. The topological polar surface area (TPSA) is 41.5 Å². The van der Waals surface area contributed by atoms with Crippen LogP contribution in [0.1, 0.15) is 24.9 Å². The lowest BCUT2D eigenvalue weighted by Crippen LogP contribution is -2.21. The Morgan fingerprint density at radius 3 is 2.89 bits per heavy atom. The second-order valence-corrected chi connectivity index (χ2v) is 4.45. The van der Waals surface area contributed by atoms with Crippen molar-refractivity contribution in [2.75, 3.05) is 26.4 Å². The van der Waals surface area contributed by atoms with Gasteiger partial charge in [-0.2, -0.15) is 0 Å². The normalized spacial score (nSPS) is 12.7. The van der Waals surface area contributed by atoms with Crippen LogP contribution in [0.4, 0.5) is 4.39 Å². The predicted molar refractivity (Wildman–Crippen MR) is 70.3 cm³/mol. The van der Waals surface area contributed by atoms with Crippen molar-refractivity contribution in [3.8, 4) is 0 Å². The standard InChI is InChI=1S/C13H19ClFNO2/c1-10(16-5-2-7-18-8-6-17)11-3-4-12(14)13(15)9-11/h3-4,9-10,16-17H,2,5-8H2,1H3. The molecule has 1 rings (SSSR count). The van der Waals surface area contributed by atoms with E-state index >= 15 is 0 Å². The van der Waals surface area contributed by atoms with E-state index in [-0.39, 0.29) is 17.7 Å². The molecule has 0 radical (unpaired) electrons. The highest BCUT2D eigenvalue weighted by atomic mass is 35.5. The third-order valence-corrected chi connectivity index (χ3v) is 2.90. The lowest BCUT2D eigenvalue weighted by atomic mass is 10.1. The van der Waals surface area contributed by atoms with Gasteiger partial charge in [0.1, 0.15) is 5.82 Å². The van der Waals surface area contributed by atoms with Crippen LogP contribution in [0.25, 0.3) is 0 Å². The molecule has 3 nitrogen and oxygen atoms in total. The van der Waals surface area contributed by atoms with Gasteiger partial charge in [-0.15, -0.1) is 0 Å². The lowest BCUT2D eigenvalue weighted by Gasteiger charge is -2.14. The number of rotatable bonds is 8. The van der Waals surface area contributed by atoms with Crippen molar-refractivity contribution in [3.05, 3.63) is 34.6 Å². The van der Waals surface area contributed by atoms with Crippen molar-refractivity contribution in [3.63, 3.8) is 0 Å². The Balaban J connectivity index is 2.27. The summed E-state index contributed by atoms with van der Waals surface area (Å²) in [6, 6.07) is 4.89. The van der Waals surface area contributed by atoms with Crippen LogP contribution in [0.15, 0.2) is 18.2 Å². The van der Waals surface area contributed by atoms with Crippen molar-refractivity contribution in [2.45, 2.75) is 19.4 Å². The molecule has 0 saturated heterocycles. The largest absolute Gasteiger partial charge is 0.394 e. The second-order valence-electron chi connectivity index (χ2n) is 4.04. The molecule has 0 aliphatic carbocycles. The first-order valence-corrected chi connectivity index (χ1v) is 6.40. The summed E-state index contributed by atoms with van der Waals surface area (Å²) in [7, 11) is 0. The first-order valence-electron chi connectivity index (χ1n) is 6.02. The van der Waals surface area contributed by atoms with Crippen LogP contribution in [0.5, 0.6) is 0 Å². The Hall–Kier alpha value is -0.680. The first kappa shape index (κ1) is 15.4. The highest BCUT2D eigenvalue weighted by Crippen LogP contribution is 2.19. The fourth-order valence-electron chi connectivity index (χ4n) is 1.56. The molecule has 0 aliphatic heterocycles. The summed E-state index contributed by atoms with van der Waals surface area (Å²) >= 11 is 5.63. The predicted octanol–water partition coefficient (Wildman–Crippen LogP) is 2.53. The summed E-state index contributed by atoms with van der Waals surface area (Å²) in [4.78, 5) is 0. The van der Waals surface area contributed by atoms with Crippen LogP contribution in [0.3, 0.4) is 0 Å². The number of hydrogen-bond donors (Lipinski definition) is 2. The zero-order chi connectivity index (χ0) is 13.4. The summed E-state index contributed by atoms with van der Waals surface area (Å²) in [6.07, 6.45) is 0.848. The van der Waals surface area contributed by atoms with Crippen molar-refractivity contribution in [2.24, 2.45) is 0 Å². The molecule has 1 aromatic carbocycles. The molecular formula is C13H19ClFNO2. The van der Waals surface area contributed by atoms with Gasteiger partial charge >= 0.3 is 0 Å². The van der Waals surface area contributed by atoms with E-state index in [1.54, 1.807) is 6.07 Å². The van der Waals surface area contributed by atoms with Gasteiger partial charge in [0, 0.05) is 12.6 Å². The van der Waals surface area contributed by atoms with Crippen LogP contribution in [-0.2, 0) is 4.74 Å². The first-order chi connectivity index (χ1) is 8.65. The Bertz CT molecular complexity index is 363. The van der Waals surface area contributed by atoms with E-state index in [1.165, 1.54) is 6.07 Å². The van der Waals surface area contributed by atoms with Gasteiger partial charge in [-0.25, -0.2) is 4.39 Å². The molecule has 102 valence electrons. The van der Waals surface area contributed by atoms with Crippen LogP contribution < -0.4 is 5.32 Å². The van der Waals surface area contributed by atoms with Gasteiger partial charge in [0.25, 0.3) is 0 Å². The molecule has 0 aliphatic rings. The van der Waals surface area contributed by atoms with E-state index in [0.717, 1.165) is 18.5 Å². The zero-order valence-corrected chi connectivity index (χ0v) is 11.2. The van der Waals surface area contributed by atoms with E-state index in [0.29, 0.717) is 13.2 Å². The minimum absolute atomic E-state index is 0.0495. The molecule has 2 N–H and O–H groups in total. The number of halogens is 2. The van der Waals surface area contributed by atoms with Gasteiger partial charge in [0.05, 0.1) is 18.2 Å². The Kier molecular flexibility index (Phi) is 7.20. The molecule has 1 unspecified atom stereocenters. The maximum absolute atomic E-state index is 13.3. The van der Waals surface area contributed by atoms with Crippen molar-refractivity contribution in [1.82, 2.24) is 5.32 Å². The fraction of sp³-hybridized carbons (Fsp3) is 0.538. The van der Waals surface area contributed by atoms with Gasteiger partial charge in [-0.05, 0) is 37.6 Å². The Morgan fingerprint density at radius 1 is 1.44 bits per heavy atom. The van der Waals surface area contributed by atoms with Crippen molar-refractivity contribution in [1.29, 1.82) is 0 Å². The van der Waals surface area contributed by atoms with E-state index in [4.69, 9.17) is 21.4 Å². The molecule has 0 fully saturated rings. The van der Waals surface area contributed by atoms with E-state index in [9.17, 15) is 4.39 Å². The fourth-order valence-corrected chi connectivity index (χ4v) is 1.68.